The molecule has 1 saturated heterocycles. The molecule has 2 aromatic rings. The topological polar surface area (TPSA) is 112 Å². The van der Waals surface area contributed by atoms with Crippen LogP contribution in [0.3, 0.4) is 0 Å². The number of piperidine rings is 1. The van der Waals surface area contributed by atoms with Gasteiger partial charge >= 0.3 is 12.1 Å². The van der Waals surface area contributed by atoms with Gasteiger partial charge < -0.3 is 24.7 Å². The molecule has 0 spiro atoms. The van der Waals surface area contributed by atoms with Gasteiger partial charge in [0.05, 0.1) is 30.2 Å². The number of nitrogens with one attached hydrogen (secondary N) is 2. The van der Waals surface area contributed by atoms with E-state index in [1.807, 2.05) is 31.1 Å². The van der Waals surface area contributed by atoms with Gasteiger partial charge in [-0.25, -0.2) is 19.6 Å². The molecular formula is C24H33N7O4. The number of carbonyl (C=O) groups is 2. The number of ether oxygens (including phenoxy) is 2. The van der Waals surface area contributed by atoms with Crippen molar-refractivity contribution in [3.8, 4) is 0 Å². The van der Waals surface area contributed by atoms with Crippen molar-refractivity contribution in [2.75, 3.05) is 55.2 Å². The maximum atomic E-state index is 12.7. The number of hydrogen-bond acceptors (Lipinski definition) is 10. The summed E-state index contributed by atoms with van der Waals surface area (Å²) < 4.78 is 10.3. The van der Waals surface area contributed by atoms with Crippen LogP contribution in [0.1, 0.15) is 42.6 Å². The van der Waals surface area contributed by atoms with E-state index in [-0.39, 0.29) is 6.09 Å². The lowest BCUT2D eigenvalue weighted by Gasteiger charge is -2.34. The summed E-state index contributed by atoms with van der Waals surface area (Å²) in [5, 5.41) is 1.91. The number of hydrazine groups is 2. The van der Waals surface area contributed by atoms with Crippen LogP contribution in [-0.4, -0.2) is 66.8 Å². The molecule has 0 saturated carbocycles. The summed E-state index contributed by atoms with van der Waals surface area (Å²) in [5.74, 6) is 0.525. The average molecular weight is 484 g/mol. The van der Waals surface area contributed by atoms with Gasteiger partial charge in [0.25, 0.3) is 0 Å². The normalized spacial score (nSPS) is 15.4. The van der Waals surface area contributed by atoms with Crippen molar-refractivity contribution in [3.05, 3.63) is 41.7 Å². The van der Waals surface area contributed by atoms with E-state index in [4.69, 9.17) is 9.47 Å². The molecule has 1 amide bonds. The molecule has 11 heteroatoms. The molecule has 188 valence electrons. The molecule has 2 aliphatic heterocycles. The van der Waals surface area contributed by atoms with E-state index in [0.717, 1.165) is 42.9 Å². The second-order valence-corrected chi connectivity index (χ2v) is 8.65. The fourth-order valence-corrected chi connectivity index (χ4v) is 4.35. The third-order valence-corrected chi connectivity index (χ3v) is 6.21. The Morgan fingerprint density at radius 2 is 1.83 bits per heavy atom. The van der Waals surface area contributed by atoms with Gasteiger partial charge in [-0.3, -0.25) is 5.01 Å². The van der Waals surface area contributed by atoms with Crippen LogP contribution in [0.5, 0.6) is 0 Å². The highest BCUT2D eigenvalue weighted by Gasteiger charge is 2.26. The molecule has 35 heavy (non-hydrogen) atoms. The highest BCUT2D eigenvalue weighted by atomic mass is 16.6. The highest BCUT2D eigenvalue weighted by Crippen LogP contribution is 2.30. The molecule has 1 aromatic carbocycles. The predicted octanol–water partition coefficient (Wildman–Crippen LogP) is 2.81. The summed E-state index contributed by atoms with van der Waals surface area (Å²) in [6, 6.07) is 6.13. The SMILES string of the molecule is CCOC(=O)c1cnc(N2CCC(CN(Cc3ccc4c(c3)NNN4C)C(=O)OCC)CC2)nc1. The standard InChI is InChI=1S/C24H33N7O4/c1-4-34-22(32)19-13-25-23(26-14-19)30-10-8-17(9-11-30)15-31(24(33)35-5-2)16-18-6-7-21-20(12-18)27-28-29(21)3/h6-7,12-14,17,27-28H,4-5,8-11,15-16H2,1-3H3. The first-order chi connectivity index (χ1) is 17.0. The van der Waals surface area contributed by atoms with Crippen molar-refractivity contribution in [1.29, 1.82) is 0 Å². The fraction of sp³-hybridized carbons (Fsp3) is 0.500. The lowest BCUT2D eigenvalue weighted by Crippen LogP contribution is -2.41. The Balaban J connectivity index is 1.35. The van der Waals surface area contributed by atoms with Gasteiger partial charge in [0, 0.05) is 45.6 Å². The van der Waals surface area contributed by atoms with Crippen molar-refractivity contribution in [3.63, 3.8) is 0 Å². The molecule has 1 fully saturated rings. The van der Waals surface area contributed by atoms with E-state index >= 15 is 0 Å². The summed E-state index contributed by atoms with van der Waals surface area (Å²) in [7, 11) is 1.94. The number of fused-ring (bicyclic) bond motifs is 1. The minimum Gasteiger partial charge on any atom is -0.462 e. The molecule has 0 bridgehead atoms. The molecule has 0 aliphatic carbocycles. The Hall–Kier alpha value is -3.60. The van der Waals surface area contributed by atoms with Gasteiger partial charge in [0.15, 0.2) is 0 Å². The van der Waals surface area contributed by atoms with E-state index in [2.05, 4.69) is 31.9 Å². The number of esters is 1. The van der Waals surface area contributed by atoms with Crippen LogP contribution in [-0.2, 0) is 16.0 Å². The number of hydrogen-bond donors (Lipinski definition) is 2. The Bertz CT molecular complexity index is 1030. The number of aromatic nitrogens is 2. The monoisotopic (exact) mass is 483 g/mol. The van der Waals surface area contributed by atoms with Crippen LogP contribution >= 0.6 is 0 Å². The van der Waals surface area contributed by atoms with E-state index in [9.17, 15) is 9.59 Å². The zero-order valence-electron chi connectivity index (χ0n) is 20.5. The smallest absolute Gasteiger partial charge is 0.410 e. The fourth-order valence-electron chi connectivity index (χ4n) is 4.35. The first-order valence-corrected chi connectivity index (χ1v) is 12.0. The second kappa shape index (κ2) is 11.2. The molecule has 2 N–H and O–H groups in total. The van der Waals surface area contributed by atoms with Gasteiger partial charge in [0.2, 0.25) is 5.95 Å². The minimum atomic E-state index is -0.417. The van der Waals surface area contributed by atoms with Crippen molar-refractivity contribution in [1.82, 2.24) is 20.4 Å². The molecule has 4 rings (SSSR count). The van der Waals surface area contributed by atoms with Crippen LogP contribution in [0.15, 0.2) is 30.6 Å². The van der Waals surface area contributed by atoms with Crippen molar-refractivity contribution >= 4 is 29.4 Å². The first kappa shape index (κ1) is 24.5. The van der Waals surface area contributed by atoms with Crippen LogP contribution in [0.4, 0.5) is 22.1 Å². The third kappa shape index (κ3) is 5.91. The summed E-state index contributed by atoms with van der Waals surface area (Å²) in [6.45, 7) is 6.90. The summed E-state index contributed by atoms with van der Waals surface area (Å²) in [6.07, 6.45) is 4.52. The molecule has 2 aliphatic rings. The lowest BCUT2D eigenvalue weighted by molar-refractivity contribution is 0.0525. The summed E-state index contributed by atoms with van der Waals surface area (Å²) in [5.41, 5.74) is 9.60. The highest BCUT2D eigenvalue weighted by molar-refractivity contribution is 5.88. The van der Waals surface area contributed by atoms with Crippen LogP contribution in [0, 0.1) is 5.92 Å². The molecule has 0 unspecified atom stereocenters. The van der Waals surface area contributed by atoms with Crippen LogP contribution in [0.2, 0.25) is 0 Å². The maximum absolute atomic E-state index is 12.7. The molecule has 11 nitrogen and oxygen atoms in total. The van der Waals surface area contributed by atoms with Gasteiger partial charge in [-0.15, -0.1) is 5.53 Å². The number of rotatable bonds is 8. The Kier molecular flexibility index (Phi) is 7.86. The molecule has 0 atom stereocenters. The quantitative estimate of drug-likeness (QED) is 0.544. The Morgan fingerprint density at radius 3 is 2.51 bits per heavy atom. The van der Waals surface area contributed by atoms with E-state index < -0.39 is 5.97 Å². The average Bonchev–Trinajstić information content (AvgIpc) is 3.24. The number of nitrogens with zero attached hydrogens (tertiary/aromatic N) is 5. The molecule has 3 heterocycles. The number of benzene rings is 1. The Morgan fingerprint density at radius 1 is 1.11 bits per heavy atom. The number of carbonyl (C=O) groups excluding carboxylic acids is 2. The van der Waals surface area contributed by atoms with Crippen molar-refractivity contribution < 1.29 is 19.1 Å². The summed E-state index contributed by atoms with van der Waals surface area (Å²) in [4.78, 5) is 37.1. The van der Waals surface area contributed by atoms with E-state index in [1.165, 1.54) is 12.4 Å². The van der Waals surface area contributed by atoms with Gasteiger partial charge in [-0.05, 0) is 50.3 Å². The van der Waals surface area contributed by atoms with Gasteiger partial charge in [0.1, 0.15) is 0 Å². The maximum Gasteiger partial charge on any atom is 0.410 e. The zero-order chi connectivity index (χ0) is 24.8. The molecule has 1 aromatic heterocycles. The second-order valence-electron chi connectivity index (χ2n) is 8.65. The lowest BCUT2D eigenvalue weighted by atomic mass is 9.96. The van der Waals surface area contributed by atoms with Gasteiger partial charge in [-0.2, -0.15) is 0 Å². The van der Waals surface area contributed by atoms with Crippen molar-refractivity contribution in [2.45, 2.75) is 33.2 Å². The minimum absolute atomic E-state index is 0.295. The van der Waals surface area contributed by atoms with Crippen molar-refractivity contribution in [2.24, 2.45) is 5.92 Å². The Labute approximate surface area is 205 Å². The number of anilines is 3. The van der Waals surface area contributed by atoms with E-state index in [0.29, 0.717) is 43.7 Å². The van der Waals surface area contributed by atoms with Crippen LogP contribution < -0.4 is 20.9 Å². The summed E-state index contributed by atoms with van der Waals surface area (Å²) >= 11 is 0. The third-order valence-electron chi connectivity index (χ3n) is 6.21. The number of amides is 1. The van der Waals surface area contributed by atoms with E-state index in [1.54, 1.807) is 11.8 Å². The first-order valence-electron chi connectivity index (χ1n) is 12.0. The molecule has 0 radical (unpaired) electrons. The largest absolute Gasteiger partial charge is 0.462 e. The predicted molar refractivity (Wildman–Crippen MR) is 132 cm³/mol. The van der Waals surface area contributed by atoms with Gasteiger partial charge in [-0.1, -0.05) is 6.07 Å². The van der Waals surface area contributed by atoms with Crippen LogP contribution in [0.25, 0.3) is 0 Å². The zero-order valence-corrected chi connectivity index (χ0v) is 20.5. The molecular weight excluding hydrogens is 450 g/mol.